The number of rotatable bonds is 5. The van der Waals surface area contributed by atoms with Crippen LogP contribution in [0, 0.1) is 13.8 Å². The molecule has 0 aliphatic rings. The van der Waals surface area contributed by atoms with Gasteiger partial charge in [-0.1, -0.05) is 26.0 Å². The smallest absolute Gasteiger partial charge is 0.251 e. The molecule has 0 aliphatic heterocycles. The van der Waals surface area contributed by atoms with Crippen LogP contribution in [0.5, 0.6) is 0 Å². The van der Waals surface area contributed by atoms with Crippen LogP contribution in [0.25, 0.3) is 0 Å². The maximum absolute atomic E-state index is 12.0. The van der Waals surface area contributed by atoms with E-state index in [1.807, 2.05) is 38.1 Å². The Balaban J connectivity index is 1.88. The Morgan fingerprint density at radius 1 is 1.24 bits per heavy atom. The van der Waals surface area contributed by atoms with E-state index in [1.54, 1.807) is 0 Å². The van der Waals surface area contributed by atoms with Crippen LogP contribution in [-0.4, -0.2) is 17.4 Å². The number of hydrogen-bond acceptors (Lipinski definition) is 3. The molecular weight excluding hydrogens is 264 g/mol. The van der Waals surface area contributed by atoms with Crippen LogP contribution in [0.3, 0.4) is 0 Å². The molecule has 0 saturated heterocycles. The van der Waals surface area contributed by atoms with Gasteiger partial charge in [-0.25, -0.2) is 4.98 Å². The minimum Gasteiger partial charge on any atom is -0.446 e. The lowest BCUT2D eigenvalue weighted by Gasteiger charge is -2.07. The maximum Gasteiger partial charge on any atom is 0.251 e. The van der Waals surface area contributed by atoms with Crippen molar-refractivity contribution in [1.82, 2.24) is 10.3 Å². The number of aryl methyl sites for hydroxylation is 2. The van der Waals surface area contributed by atoms with Gasteiger partial charge in [0.15, 0.2) is 5.89 Å². The summed E-state index contributed by atoms with van der Waals surface area (Å²) < 4.78 is 5.48. The number of benzene rings is 1. The fraction of sp³-hybridized carbons (Fsp3) is 0.412. The van der Waals surface area contributed by atoms with Gasteiger partial charge in [0.2, 0.25) is 0 Å². The zero-order chi connectivity index (χ0) is 15.4. The number of nitrogens with one attached hydrogen (secondary N) is 1. The lowest BCUT2D eigenvalue weighted by molar-refractivity contribution is 0.0953. The largest absolute Gasteiger partial charge is 0.446 e. The highest BCUT2D eigenvalue weighted by Crippen LogP contribution is 2.14. The van der Waals surface area contributed by atoms with Crippen molar-refractivity contribution in [3.8, 4) is 0 Å². The van der Waals surface area contributed by atoms with E-state index in [-0.39, 0.29) is 5.91 Å². The van der Waals surface area contributed by atoms with Crippen LogP contribution in [0.1, 0.15) is 53.0 Å². The zero-order valence-corrected chi connectivity index (χ0v) is 13.1. The van der Waals surface area contributed by atoms with E-state index in [0.29, 0.717) is 30.3 Å². The highest BCUT2D eigenvalue weighted by Gasteiger charge is 2.09. The van der Waals surface area contributed by atoms with Gasteiger partial charge in [-0.2, -0.15) is 0 Å². The molecule has 4 heteroatoms. The van der Waals surface area contributed by atoms with E-state index in [0.717, 1.165) is 11.5 Å². The third-order valence-corrected chi connectivity index (χ3v) is 3.48. The van der Waals surface area contributed by atoms with Crippen molar-refractivity contribution in [2.45, 2.75) is 40.0 Å². The van der Waals surface area contributed by atoms with Crippen molar-refractivity contribution in [3.05, 3.63) is 52.7 Å². The first-order valence-electron chi connectivity index (χ1n) is 7.28. The minimum absolute atomic E-state index is 0.0563. The van der Waals surface area contributed by atoms with Crippen LogP contribution >= 0.6 is 0 Å². The van der Waals surface area contributed by atoms with Gasteiger partial charge in [-0.15, -0.1) is 0 Å². The summed E-state index contributed by atoms with van der Waals surface area (Å²) in [5.41, 5.74) is 2.81. The van der Waals surface area contributed by atoms with Crippen molar-refractivity contribution in [2.75, 3.05) is 6.54 Å². The lowest BCUT2D eigenvalue weighted by atomic mass is 10.0. The van der Waals surface area contributed by atoms with Gasteiger partial charge in [-0.3, -0.25) is 4.79 Å². The molecule has 0 aliphatic carbocycles. The Morgan fingerprint density at radius 2 is 1.90 bits per heavy atom. The molecule has 0 atom stereocenters. The second-order valence-electron chi connectivity index (χ2n) is 5.52. The quantitative estimate of drug-likeness (QED) is 0.916. The van der Waals surface area contributed by atoms with Gasteiger partial charge in [0.1, 0.15) is 5.76 Å². The molecule has 2 aromatic rings. The molecule has 112 valence electrons. The Bertz CT molecular complexity index is 612. The summed E-state index contributed by atoms with van der Waals surface area (Å²) in [6.45, 7) is 8.55. The summed E-state index contributed by atoms with van der Waals surface area (Å²) >= 11 is 0. The number of carbonyl (C=O) groups is 1. The van der Waals surface area contributed by atoms with Crippen molar-refractivity contribution in [2.24, 2.45) is 0 Å². The van der Waals surface area contributed by atoms with E-state index in [9.17, 15) is 4.79 Å². The van der Waals surface area contributed by atoms with Crippen molar-refractivity contribution in [1.29, 1.82) is 0 Å². The van der Waals surface area contributed by atoms with Gasteiger partial charge in [0.05, 0.1) is 5.69 Å². The molecule has 21 heavy (non-hydrogen) atoms. The van der Waals surface area contributed by atoms with E-state index in [2.05, 4.69) is 24.1 Å². The van der Waals surface area contributed by atoms with Crippen LogP contribution in [0.4, 0.5) is 0 Å². The van der Waals surface area contributed by atoms with Crippen LogP contribution in [0.2, 0.25) is 0 Å². The average Bonchev–Trinajstić information content (AvgIpc) is 2.77. The Hall–Kier alpha value is -2.10. The van der Waals surface area contributed by atoms with E-state index < -0.39 is 0 Å². The second kappa shape index (κ2) is 6.57. The van der Waals surface area contributed by atoms with Crippen molar-refractivity contribution in [3.63, 3.8) is 0 Å². The summed E-state index contributed by atoms with van der Waals surface area (Å²) in [5, 5.41) is 2.91. The lowest BCUT2D eigenvalue weighted by Crippen LogP contribution is -2.25. The molecule has 1 amide bonds. The number of nitrogens with zero attached hydrogens (tertiary/aromatic N) is 1. The predicted octanol–water partition coefficient (Wildman–Crippen LogP) is 3.39. The van der Waals surface area contributed by atoms with Crippen LogP contribution < -0.4 is 5.32 Å². The van der Waals surface area contributed by atoms with Crippen LogP contribution in [-0.2, 0) is 6.42 Å². The molecule has 0 fully saturated rings. The molecule has 0 spiro atoms. The third-order valence-electron chi connectivity index (χ3n) is 3.48. The number of aromatic nitrogens is 1. The summed E-state index contributed by atoms with van der Waals surface area (Å²) in [4.78, 5) is 16.3. The molecule has 0 radical (unpaired) electrons. The fourth-order valence-electron chi connectivity index (χ4n) is 2.22. The van der Waals surface area contributed by atoms with Gasteiger partial charge < -0.3 is 9.73 Å². The first-order chi connectivity index (χ1) is 9.97. The molecule has 4 nitrogen and oxygen atoms in total. The number of amides is 1. The van der Waals surface area contributed by atoms with Gasteiger partial charge in [0, 0.05) is 25.5 Å². The standard InChI is InChI=1S/C17H22N2O2/c1-11(2)14-5-7-15(8-6-14)17(20)18-10-9-16-12(3)19-13(4)21-16/h5-8,11H,9-10H2,1-4H3,(H,18,20). The molecule has 1 N–H and O–H groups in total. The monoisotopic (exact) mass is 286 g/mol. The summed E-state index contributed by atoms with van der Waals surface area (Å²) in [6.07, 6.45) is 0.655. The third kappa shape index (κ3) is 3.94. The molecule has 0 unspecified atom stereocenters. The van der Waals surface area contributed by atoms with Gasteiger partial charge in [0.25, 0.3) is 5.91 Å². The summed E-state index contributed by atoms with van der Waals surface area (Å²) in [5.74, 6) is 1.92. The maximum atomic E-state index is 12.0. The first kappa shape index (κ1) is 15.3. The molecule has 1 aromatic carbocycles. The molecule has 2 rings (SSSR count). The van der Waals surface area contributed by atoms with E-state index >= 15 is 0 Å². The SMILES string of the molecule is Cc1nc(C)c(CCNC(=O)c2ccc(C(C)C)cc2)o1. The molecule has 0 bridgehead atoms. The molecule has 1 heterocycles. The number of hydrogen-bond donors (Lipinski definition) is 1. The van der Waals surface area contributed by atoms with Crippen molar-refractivity contribution < 1.29 is 9.21 Å². The summed E-state index contributed by atoms with van der Waals surface area (Å²) in [6, 6.07) is 7.75. The Labute approximate surface area is 125 Å². The van der Waals surface area contributed by atoms with Crippen molar-refractivity contribution >= 4 is 5.91 Å². The molecule has 1 aromatic heterocycles. The highest BCUT2D eigenvalue weighted by atomic mass is 16.4. The molecule has 0 saturated carbocycles. The minimum atomic E-state index is -0.0563. The second-order valence-corrected chi connectivity index (χ2v) is 5.52. The summed E-state index contributed by atoms with van der Waals surface area (Å²) in [7, 11) is 0. The number of oxazole rings is 1. The Morgan fingerprint density at radius 3 is 2.43 bits per heavy atom. The van der Waals surface area contributed by atoms with Crippen LogP contribution in [0.15, 0.2) is 28.7 Å². The highest BCUT2D eigenvalue weighted by molar-refractivity contribution is 5.94. The van der Waals surface area contributed by atoms with Gasteiger partial charge in [-0.05, 0) is 30.5 Å². The average molecular weight is 286 g/mol. The topological polar surface area (TPSA) is 55.1 Å². The molecular formula is C17H22N2O2. The number of carbonyl (C=O) groups excluding carboxylic acids is 1. The first-order valence-corrected chi connectivity index (χ1v) is 7.28. The Kier molecular flexibility index (Phi) is 4.78. The van der Waals surface area contributed by atoms with E-state index in [1.165, 1.54) is 5.56 Å². The van der Waals surface area contributed by atoms with Gasteiger partial charge >= 0.3 is 0 Å². The predicted molar refractivity (Wildman–Crippen MR) is 82.5 cm³/mol. The van der Waals surface area contributed by atoms with E-state index in [4.69, 9.17) is 4.42 Å². The fourth-order valence-corrected chi connectivity index (χ4v) is 2.22. The normalized spacial score (nSPS) is 10.9. The zero-order valence-electron chi connectivity index (χ0n) is 13.1.